The van der Waals surface area contributed by atoms with Crippen LogP contribution in [0.25, 0.3) is 0 Å². The number of halogens is 2. The highest BCUT2D eigenvalue weighted by molar-refractivity contribution is 5.81. The van der Waals surface area contributed by atoms with Gasteiger partial charge in [0.2, 0.25) is 5.91 Å². The molecule has 2 atom stereocenters. The number of likely N-dealkylation sites (N-methyl/N-ethyl adjacent to an activating group) is 1. The summed E-state index contributed by atoms with van der Waals surface area (Å²) in [5, 5.41) is 6.23. The number of rotatable bonds is 4. The maximum atomic E-state index is 14.3. The van der Waals surface area contributed by atoms with Crippen molar-refractivity contribution >= 4 is 11.9 Å². The van der Waals surface area contributed by atoms with Crippen LogP contribution in [0.3, 0.4) is 0 Å². The van der Waals surface area contributed by atoms with Crippen molar-refractivity contribution < 1.29 is 13.6 Å². The summed E-state index contributed by atoms with van der Waals surface area (Å²) < 4.78 is 28.6. The smallest absolute Gasteiger partial charge is 0.220 e. The summed E-state index contributed by atoms with van der Waals surface area (Å²) in [6, 6.07) is 3.45. The fourth-order valence-electron chi connectivity index (χ4n) is 4.32. The van der Waals surface area contributed by atoms with Gasteiger partial charge in [0.1, 0.15) is 11.6 Å². The van der Waals surface area contributed by atoms with E-state index in [1.54, 1.807) is 26.0 Å². The van der Waals surface area contributed by atoms with Crippen LogP contribution in [0.5, 0.6) is 0 Å². The van der Waals surface area contributed by atoms with Gasteiger partial charge in [-0.1, -0.05) is 6.07 Å². The summed E-state index contributed by atoms with van der Waals surface area (Å²) in [4.78, 5) is 20.0. The molecule has 0 bridgehead atoms. The second kappa shape index (κ2) is 8.43. The molecule has 154 valence electrons. The molecule has 1 spiro atoms. The van der Waals surface area contributed by atoms with Crippen molar-refractivity contribution in [1.82, 2.24) is 20.4 Å². The van der Waals surface area contributed by atoms with Gasteiger partial charge in [0.15, 0.2) is 5.96 Å². The van der Waals surface area contributed by atoms with Gasteiger partial charge in [0.05, 0.1) is 6.04 Å². The molecule has 2 N–H and O–H groups in total. The van der Waals surface area contributed by atoms with Crippen molar-refractivity contribution in [2.45, 2.75) is 25.3 Å². The van der Waals surface area contributed by atoms with Crippen molar-refractivity contribution in [2.24, 2.45) is 10.4 Å². The molecule has 0 saturated carbocycles. The van der Waals surface area contributed by atoms with Crippen LogP contribution >= 0.6 is 0 Å². The Bertz CT molecular complexity index is 734. The Morgan fingerprint density at radius 1 is 1.39 bits per heavy atom. The summed E-state index contributed by atoms with van der Waals surface area (Å²) in [6.45, 7) is 2.60. The molecule has 2 aliphatic heterocycles. The molecule has 2 aliphatic rings. The van der Waals surface area contributed by atoms with Crippen LogP contribution in [0, 0.1) is 17.0 Å². The fraction of sp³-hybridized carbons (Fsp3) is 0.600. The van der Waals surface area contributed by atoms with E-state index < -0.39 is 17.7 Å². The Morgan fingerprint density at radius 3 is 2.68 bits per heavy atom. The molecule has 2 fully saturated rings. The zero-order chi connectivity index (χ0) is 20.3. The number of nitrogens with zero attached hydrogens (tertiary/aromatic N) is 3. The highest BCUT2D eigenvalue weighted by Gasteiger charge is 2.42. The van der Waals surface area contributed by atoms with E-state index in [0.717, 1.165) is 25.9 Å². The largest absolute Gasteiger partial charge is 0.355 e. The lowest BCUT2D eigenvalue weighted by Gasteiger charge is -2.41. The minimum atomic E-state index is -0.553. The van der Waals surface area contributed by atoms with Crippen LogP contribution in [-0.4, -0.2) is 69.0 Å². The monoisotopic (exact) mass is 393 g/mol. The maximum absolute atomic E-state index is 14.3. The van der Waals surface area contributed by atoms with Gasteiger partial charge in [0, 0.05) is 50.6 Å². The minimum Gasteiger partial charge on any atom is -0.355 e. The Morgan fingerprint density at radius 2 is 2.11 bits per heavy atom. The quantitative estimate of drug-likeness (QED) is 0.604. The van der Waals surface area contributed by atoms with Crippen molar-refractivity contribution in [1.29, 1.82) is 0 Å². The van der Waals surface area contributed by atoms with Crippen LogP contribution in [0.4, 0.5) is 8.78 Å². The molecule has 2 heterocycles. The summed E-state index contributed by atoms with van der Waals surface area (Å²) in [5.41, 5.74) is 0.00195. The van der Waals surface area contributed by atoms with Crippen LogP contribution in [0.15, 0.2) is 23.2 Å². The van der Waals surface area contributed by atoms with Crippen molar-refractivity contribution in [2.75, 3.05) is 47.3 Å². The number of piperidine rings is 1. The average molecular weight is 393 g/mol. The number of hydrogen-bond acceptors (Lipinski definition) is 3. The number of likely N-dealkylation sites (tertiary alicyclic amines) is 1. The lowest BCUT2D eigenvalue weighted by molar-refractivity contribution is -0.119. The van der Waals surface area contributed by atoms with Gasteiger partial charge < -0.3 is 20.4 Å². The normalized spacial score (nSPS) is 24.0. The van der Waals surface area contributed by atoms with E-state index in [-0.39, 0.29) is 16.9 Å². The van der Waals surface area contributed by atoms with Crippen LogP contribution in [0.2, 0.25) is 0 Å². The number of nitrogens with one attached hydrogen (secondary N) is 2. The standard InChI is InChI=1S/C20H29F2N5O/c1-23-19(27-9-5-8-20(13-27)10-17(28)25-12-20)24-11-16(26(2)3)18-14(21)6-4-7-15(18)22/h4,6-7,16H,5,8-13H2,1-3H3,(H,23,24)(H,25,28). The number of carbonyl (C=O) groups is 1. The van der Waals surface area contributed by atoms with Gasteiger partial charge in [-0.3, -0.25) is 9.79 Å². The number of aliphatic imine (C=N–C) groups is 1. The van der Waals surface area contributed by atoms with Crippen LogP contribution < -0.4 is 10.6 Å². The van der Waals surface area contributed by atoms with Gasteiger partial charge in [-0.2, -0.15) is 0 Å². The number of hydrogen-bond donors (Lipinski definition) is 2. The molecule has 1 aromatic carbocycles. The second-order valence-corrected chi connectivity index (χ2v) is 8.02. The Labute approximate surface area is 165 Å². The molecule has 8 heteroatoms. The summed E-state index contributed by atoms with van der Waals surface area (Å²) >= 11 is 0. The third-order valence-corrected chi connectivity index (χ3v) is 5.78. The first-order chi connectivity index (χ1) is 13.3. The Balaban J connectivity index is 1.71. The maximum Gasteiger partial charge on any atom is 0.220 e. The summed E-state index contributed by atoms with van der Waals surface area (Å²) in [5.74, 6) is -0.305. The molecule has 3 rings (SSSR count). The molecular formula is C20H29F2N5O. The lowest BCUT2D eigenvalue weighted by atomic mass is 9.79. The van der Waals surface area contributed by atoms with E-state index in [1.165, 1.54) is 18.2 Å². The topological polar surface area (TPSA) is 60.0 Å². The average Bonchev–Trinajstić information content (AvgIpc) is 3.00. The lowest BCUT2D eigenvalue weighted by Crippen LogP contribution is -2.52. The molecule has 0 aliphatic carbocycles. The summed E-state index contributed by atoms with van der Waals surface area (Å²) in [6.07, 6.45) is 2.54. The SMILES string of the molecule is CN=C(NCC(c1c(F)cccc1F)N(C)C)N1CCCC2(CNC(=O)C2)C1. The van der Waals surface area contributed by atoms with E-state index in [9.17, 15) is 13.6 Å². The Kier molecular flexibility index (Phi) is 6.17. The van der Waals surface area contributed by atoms with E-state index in [2.05, 4.69) is 20.5 Å². The zero-order valence-corrected chi connectivity index (χ0v) is 16.8. The first-order valence-electron chi connectivity index (χ1n) is 9.68. The number of amides is 1. The molecule has 2 unspecified atom stereocenters. The summed E-state index contributed by atoms with van der Waals surface area (Å²) in [7, 11) is 5.30. The number of benzene rings is 1. The van der Waals surface area contributed by atoms with Gasteiger partial charge >= 0.3 is 0 Å². The molecule has 1 amide bonds. The first-order valence-corrected chi connectivity index (χ1v) is 9.68. The van der Waals surface area contributed by atoms with E-state index in [0.29, 0.717) is 25.5 Å². The third-order valence-electron chi connectivity index (χ3n) is 5.78. The van der Waals surface area contributed by atoms with E-state index in [1.807, 2.05) is 0 Å². The van der Waals surface area contributed by atoms with Crippen LogP contribution in [-0.2, 0) is 4.79 Å². The predicted molar refractivity (Wildman–Crippen MR) is 105 cm³/mol. The van der Waals surface area contributed by atoms with Crippen molar-refractivity contribution in [3.8, 4) is 0 Å². The molecule has 2 saturated heterocycles. The van der Waals surface area contributed by atoms with E-state index >= 15 is 0 Å². The third kappa shape index (κ3) is 4.27. The number of guanidine groups is 1. The first kappa shape index (κ1) is 20.5. The predicted octanol–water partition coefficient (Wildman–Crippen LogP) is 1.74. The highest BCUT2D eigenvalue weighted by atomic mass is 19.1. The number of carbonyl (C=O) groups excluding carboxylic acids is 1. The zero-order valence-electron chi connectivity index (χ0n) is 16.8. The second-order valence-electron chi connectivity index (χ2n) is 8.02. The molecule has 1 aromatic rings. The molecule has 0 radical (unpaired) electrons. The molecule has 6 nitrogen and oxygen atoms in total. The Hall–Kier alpha value is -2.22. The van der Waals surface area contributed by atoms with Gasteiger partial charge in [0.25, 0.3) is 0 Å². The molecular weight excluding hydrogens is 364 g/mol. The highest BCUT2D eigenvalue weighted by Crippen LogP contribution is 2.36. The van der Waals surface area contributed by atoms with Crippen molar-refractivity contribution in [3.63, 3.8) is 0 Å². The minimum absolute atomic E-state index is 0.0501. The van der Waals surface area contributed by atoms with E-state index in [4.69, 9.17) is 0 Å². The molecule has 0 aromatic heterocycles. The van der Waals surface area contributed by atoms with Gasteiger partial charge in [-0.15, -0.1) is 0 Å². The fourth-order valence-corrected chi connectivity index (χ4v) is 4.32. The molecule has 28 heavy (non-hydrogen) atoms. The van der Waals surface area contributed by atoms with Gasteiger partial charge in [-0.05, 0) is 39.1 Å². The van der Waals surface area contributed by atoms with Crippen LogP contribution in [0.1, 0.15) is 30.9 Å². The van der Waals surface area contributed by atoms with Crippen molar-refractivity contribution in [3.05, 3.63) is 35.4 Å². The van der Waals surface area contributed by atoms with Gasteiger partial charge in [-0.25, -0.2) is 8.78 Å².